The number of thiophene rings is 1. The fourth-order valence-electron chi connectivity index (χ4n) is 3.31. The first-order valence-corrected chi connectivity index (χ1v) is 10.5. The Morgan fingerprint density at radius 3 is 2.72 bits per heavy atom. The molecule has 154 valence electrons. The smallest absolute Gasteiger partial charge is 0.290 e. The minimum atomic E-state index is -0.651. The number of likely N-dealkylation sites (N-methyl/N-ethyl adjacent to an activating group) is 1. The van der Waals surface area contributed by atoms with E-state index in [1.54, 1.807) is 22.4 Å². The Morgan fingerprint density at radius 2 is 2.07 bits per heavy atom. The van der Waals surface area contributed by atoms with Gasteiger partial charge in [-0.05, 0) is 49.7 Å². The molecule has 0 aliphatic carbocycles. The summed E-state index contributed by atoms with van der Waals surface area (Å²) in [5.41, 5.74) is 0.874. The number of rotatable bonds is 9. The Hall–Kier alpha value is -2.64. The maximum Gasteiger partial charge on any atom is 0.290 e. The molecule has 3 rings (SSSR count). The summed E-state index contributed by atoms with van der Waals surface area (Å²) in [5, 5.41) is 12.4. The summed E-state index contributed by atoms with van der Waals surface area (Å²) in [6.07, 6.45) is 0.879. The van der Waals surface area contributed by atoms with Gasteiger partial charge in [0.05, 0.1) is 23.1 Å². The Balaban J connectivity index is 2.03. The van der Waals surface area contributed by atoms with Gasteiger partial charge in [0.1, 0.15) is 5.75 Å². The van der Waals surface area contributed by atoms with Gasteiger partial charge in [0, 0.05) is 13.1 Å². The number of Topliss-reactive ketones (excluding diaryl/α,β-unsaturated/α-hetero) is 1. The minimum Gasteiger partial charge on any atom is -0.503 e. The third-order valence-corrected chi connectivity index (χ3v) is 5.60. The predicted molar refractivity (Wildman–Crippen MR) is 114 cm³/mol. The van der Waals surface area contributed by atoms with Crippen LogP contribution >= 0.6 is 11.3 Å². The van der Waals surface area contributed by atoms with Crippen LogP contribution in [0.25, 0.3) is 0 Å². The highest BCUT2D eigenvalue weighted by atomic mass is 32.1. The molecule has 1 aromatic heterocycles. The average molecular weight is 415 g/mol. The first kappa shape index (κ1) is 21.1. The fraction of sp³-hybridized carbons (Fsp3) is 0.364. The van der Waals surface area contributed by atoms with Crippen LogP contribution in [0.3, 0.4) is 0 Å². The highest BCUT2D eigenvalue weighted by Gasteiger charge is 2.43. The second-order valence-electron chi connectivity index (χ2n) is 7.19. The molecule has 6 nitrogen and oxygen atoms in total. The lowest BCUT2D eigenvalue weighted by atomic mass is 9.95. The third kappa shape index (κ3) is 4.52. The topological polar surface area (TPSA) is 70.1 Å². The third-order valence-electron chi connectivity index (χ3n) is 4.73. The van der Waals surface area contributed by atoms with Gasteiger partial charge in [0.15, 0.2) is 5.76 Å². The van der Waals surface area contributed by atoms with E-state index in [0.717, 1.165) is 12.0 Å². The largest absolute Gasteiger partial charge is 0.503 e. The molecule has 0 saturated carbocycles. The van der Waals surface area contributed by atoms with E-state index in [1.807, 2.05) is 50.2 Å². The zero-order valence-corrected chi connectivity index (χ0v) is 17.7. The lowest BCUT2D eigenvalue weighted by Gasteiger charge is -2.28. The van der Waals surface area contributed by atoms with Crippen LogP contribution in [0.2, 0.25) is 0 Å². The number of benzene rings is 1. The lowest BCUT2D eigenvalue weighted by molar-refractivity contribution is -0.129. The number of hydrogen-bond donors (Lipinski definition) is 1. The van der Waals surface area contributed by atoms with Gasteiger partial charge in [0.25, 0.3) is 5.91 Å². The lowest BCUT2D eigenvalue weighted by Crippen LogP contribution is -2.36. The Labute approximate surface area is 175 Å². The molecule has 1 atom stereocenters. The molecule has 1 amide bonds. The summed E-state index contributed by atoms with van der Waals surface area (Å²) in [6, 6.07) is 10.2. The molecule has 7 heteroatoms. The number of ketones is 1. The zero-order valence-electron chi connectivity index (χ0n) is 16.9. The number of aliphatic hydroxyl groups excluding tert-OH is 1. The van der Waals surface area contributed by atoms with Crippen LogP contribution < -0.4 is 4.74 Å². The molecule has 0 unspecified atom stereocenters. The van der Waals surface area contributed by atoms with E-state index in [4.69, 9.17) is 4.74 Å². The number of aliphatic hydroxyl groups is 1. The molecule has 1 aliphatic rings. The number of amides is 1. The van der Waals surface area contributed by atoms with Crippen LogP contribution in [0.5, 0.6) is 5.75 Å². The van der Waals surface area contributed by atoms with Crippen molar-refractivity contribution < 1.29 is 19.4 Å². The van der Waals surface area contributed by atoms with Crippen LogP contribution in [0.4, 0.5) is 0 Å². The molecule has 1 aromatic carbocycles. The average Bonchev–Trinajstić information content (AvgIpc) is 3.32. The second-order valence-corrected chi connectivity index (χ2v) is 8.14. The number of carbonyl (C=O) groups excluding carboxylic acids is 2. The first-order chi connectivity index (χ1) is 13.9. The Morgan fingerprint density at radius 1 is 1.28 bits per heavy atom. The van der Waals surface area contributed by atoms with Gasteiger partial charge >= 0.3 is 0 Å². The fourth-order valence-corrected chi connectivity index (χ4v) is 3.98. The molecule has 1 aliphatic heterocycles. The van der Waals surface area contributed by atoms with Crippen LogP contribution in [-0.4, -0.2) is 60.4 Å². The normalized spacial score (nSPS) is 16.8. The summed E-state index contributed by atoms with van der Waals surface area (Å²) in [5.74, 6) is -0.620. The van der Waals surface area contributed by atoms with Crippen molar-refractivity contribution in [2.24, 2.45) is 0 Å². The number of nitrogens with zero attached hydrogens (tertiary/aromatic N) is 2. The SMILES string of the molecule is CCCOc1cccc([C@@H]2C(C(=O)c3cccs3)=C(O)C(=O)N2CCN(C)C)c1. The Kier molecular flexibility index (Phi) is 6.71. The van der Waals surface area contributed by atoms with Crippen molar-refractivity contribution in [2.45, 2.75) is 19.4 Å². The van der Waals surface area contributed by atoms with E-state index < -0.39 is 17.7 Å². The maximum atomic E-state index is 13.2. The van der Waals surface area contributed by atoms with Crippen LogP contribution in [0, 0.1) is 0 Å². The van der Waals surface area contributed by atoms with Crippen molar-refractivity contribution in [1.82, 2.24) is 9.80 Å². The van der Waals surface area contributed by atoms with Gasteiger partial charge in [-0.2, -0.15) is 0 Å². The quantitative estimate of drug-likeness (QED) is 0.634. The minimum absolute atomic E-state index is 0.129. The summed E-state index contributed by atoms with van der Waals surface area (Å²) < 4.78 is 5.74. The van der Waals surface area contributed by atoms with Crippen molar-refractivity contribution >= 4 is 23.0 Å². The van der Waals surface area contributed by atoms with Gasteiger partial charge in [-0.15, -0.1) is 11.3 Å². The highest BCUT2D eigenvalue weighted by molar-refractivity contribution is 7.12. The first-order valence-electron chi connectivity index (χ1n) is 9.63. The van der Waals surface area contributed by atoms with Gasteiger partial charge in [-0.3, -0.25) is 9.59 Å². The van der Waals surface area contributed by atoms with E-state index in [9.17, 15) is 14.7 Å². The number of ether oxygens (including phenoxy) is 1. The molecular weight excluding hydrogens is 388 g/mol. The molecule has 0 spiro atoms. The zero-order chi connectivity index (χ0) is 21.0. The second kappa shape index (κ2) is 9.24. The van der Waals surface area contributed by atoms with E-state index in [1.165, 1.54) is 11.3 Å². The van der Waals surface area contributed by atoms with Gasteiger partial charge in [-0.25, -0.2) is 0 Å². The van der Waals surface area contributed by atoms with E-state index in [-0.39, 0.29) is 11.4 Å². The van der Waals surface area contributed by atoms with E-state index in [2.05, 4.69) is 0 Å². The molecule has 2 aromatic rings. The van der Waals surface area contributed by atoms with Gasteiger partial charge in [0.2, 0.25) is 5.78 Å². The van der Waals surface area contributed by atoms with Crippen LogP contribution in [0.15, 0.2) is 53.1 Å². The molecule has 0 fully saturated rings. The molecule has 2 heterocycles. The molecular formula is C22H26N2O4S. The van der Waals surface area contributed by atoms with Gasteiger partial charge < -0.3 is 19.6 Å². The maximum absolute atomic E-state index is 13.2. The van der Waals surface area contributed by atoms with E-state index in [0.29, 0.717) is 30.3 Å². The summed E-state index contributed by atoms with van der Waals surface area (Å²) in [6.45, 7) is 3.62. The van der Waals surface area contributed by atoms with Crippen molar-refractivity contribution in [1.29, 1.82) is 0 Å². The standard InChI is InChI=1S/C22H26N2O4S/c1-4-12-28-16-8-5-7-15(14-16)19-18(20(25)17-9-6-13-29-17)21(26)22(27)24(19)11-10-23(2)3/h5-9,13-14,19,26H,4,10-12H2,1-3H3/t19-/m1/s1. The Bertz CT molecular complexity index is 905. The molecule has 0 radical (unpaired) electrons. The van der Waals surface area contributed by atoms with Crippen molar-refractivity contribution in [3.63, 3.8) is 0 Å². The summed E-state index contributed by atoms with van der Waals surface area (Å²) in [7, 11) is 3.83. The molecule has 1 N–H and O–H groups in total. The number of carbonyl (C=O) groups is 2. The van der Waals surface area contributed by atoms with Crippen molar-refractivity contribution in [3.8, 4) is 5.75 Å². The molecule has 0 saturated heterocycles. The molecule has 29 heavy (non-hydrogen) atoms. The molecule has 0 bridgehead atoms. The monoisotopic (exact) mass is 414 g/mol. The predicted octanol–water partition coefficient (Wildman–Crippen LogP) is 3.68. The number of hydrogen-bond acceptors (Lipinski definition) is 6. The van der Waals surface area contributed by atoms with Crippen LogP contribution in [0.1, 0.15) is 34.6 Å². The van der Waals surface area contributed by atoms with Crippen molar-refractivity contribution in [3.05, 3.63) is 63.6 Å². The summed E-state index contributed by atoms with van der Waals surface area (Å²) in [4.78, 5) is 30.0. The van der Waals surface area contributed by atoms with Crippen molar-refractivity contribution in [2.75, 3.05) is 33.8 Å². The summed E-state index contributed by atoms with van der Waals surface area (Å²) >= 11 is 1.29. The highest BCUT2D eigenvalue weighted by Crippen LogP contribution is 2.40. The van der Waals surface area contributed by atoms with E-state index >= 15 is 0 Å². The van der Waals surface area contributed by atoms with Crippen LogP contribution in [-0.2, 0) is 4.79 Å². The van der Waals surface area contributed by atoms with Gasteiger partial charge in [-0.1, -0.05) is 25.1 Å².